The minimum Gasteiger partial charge on any atom is -0.326 e. The number of pyridine rings is 1. The van der Waals surface area contributed by atoms with Gasteiger partial charge < -0.3 is 5.32 Å². The van der Waals surface area contributed by atoms with Crippen molar-refractivity contribution in [2.45, 2.75) is 24.7 Å². The van der Waals surface area contributed by atoms with Gasteiger partial charge in [-0.15, -0.1) is 0 Å². The van der Waals surface area contributed by atoms with Crippen LogP contribution in [0.4, 0.5) is 11.4 Å². The fraction of sp³-hybridized carbons (Fsp3) is 0.200. The average Bonchev–Trinajstić information content (AvgIpc) is 2.50. The van der Waals surface area contributed by atoms with Crippen molar-refractivity contribution in [1.82, 2.24) is 4.98 Å². The number of carbonyl (C=O) groups is 1. The molecule has 6 nitrogen and oxygen atoms in total. The van der Waals surface area contributed by atoms with Gasteiger partial charge >= 0.3 is 0 Å². The van der Waals surface area contributed by atoms with E-state index in [0.717, 1.165) is 11.1 Å². The maximum Gasteiger partial charge on any atom is 0.261 e. The normalized spacial score (nSPS) is 14.1. The lowest BCUT2D eigenvalue weighted by atomic mass is 10.0. The summed E-state index contributed by atoms with van der Waals surface area (Å²) < 4.78 is 28.2. The Labute approximate surface area is 142 Å². The third kappa shape index (κ3) is 3.37. The Kier molecular flexibility index (Phi) is 4.11. The molecule has 0 fully saturated rings. The van der Waals surface area contributed by atoms with E-state index >= 15 is 0 Å². The molecule has 1 aliphatic heterocycles. The number of hydrogen-bond donors (Lipinski definition) is 2. The summed E-state index contributed by atoms with van der Waals surface area (Å²) in [6, 6.07) is 6.39. The average molecular weight is 396 g/mol. The number of amides is 1. The Morgan fingerprint density at radius 3 is 2.78 bits per heavy atom. The van der Waals surface area contributed by atoms with E-state index in [9.17, 15) is 13.2 Å². The van der Waals surface area contributed by atoms with E-state index in [0.29, 0.717) is 28.8 Å². The van der Waals surface area contributed by atoms with Crippen molar-refractivity contribution in [2.24, 2.45) is 0 Å². The molecule has 1 aliphatic rings. The largest absolute Gasteiger partial charge is 0.326 e. The van der Waals surface area contributed by atoms with E-state index in [4.69, 9.17) is 0 Å². The number of hydrogen-bond acceptors (Lipinski definition) is 4. The standard InChI is InChI=1S/C15H14BrN3O3S/c1-9-6-11(8-17-15(9)16)19-23(21,22)12-3-4-13-10(7-12)2-5-14(20)18-13/h3-4,6-8,19H,2,5H2,1H3,(H,18,20). The quantitative estimate of drug-likeness (QED) is 0.781. The van der Waals surface area contributed by atoms with Gasteiger partial charge in [-0.25, -0.2) is 13.4 Å². The Morgan fingerprint density at radius 2 is 2.04 bits per heavy atom. The first-order valence-electron chi connectivity index (χ1n) is 6.93. The van der Waals surface area contributed by atoms with Crippen molar-refractivity contribution in [2.75, 3.05) is 10.0 Å². The van der Waals surface area contributed by atoms with Crippen LogP contribution in [0.3, 0.4) is 0 Å². The van der Waals surface area contributed by atoms with Gasteiger partial charge in [-0.2, -0.15) is 0 Å². The van der Waals surface area contributed by atoms with Gasteiger partial charge in [-0.05, 0) is 64.7 Å². The molecule has 0 radical (unpaired) electrons. The molecule has 1 aromatic carbocycles. The van der Waals surface area contributed by atoms with E-state index in [-0.39, 0.29) is 10.8 Å². The summed E-state index contributed by atoms with van der Waals surface area (Å²) in [6.07, 6.45) is 2.34. The molecule has 0 saturated heterocycles. The molecule has 2 aromatic rings. The topological polar surface area (TPSA) is 88.2 Å². The third-order valence-corrected chi connectivity index (χ3v) is 5.76. The van der Waals surface area contributed by atoms with E-state index in [1.807, 2.05) is 6.92 Å². The molecular formula is C15H14BrN3O3S. The molecule has 0 bridgehead atoms. The second kappa shape index (κ2) is 5.93. The molecule has 0 saturated carbocycles. The van der Waals surface area contributed by atoms with Gasteiger partial charge in [-0.1, -0.05) is 0 Å². The zero-order valence-electron chi connectivity index (χ0n) is 12.3. The second-order valence-electron chi connectivity index (χ2n) is 5.30. The van der Waals surface area contributed by atoms with Crippen molar-refractivity contribution in [1.29, 1.82) is 0 Å². The molecular weight excluding hydrogens is 382 g/mol. The highest BCUT2D eigenvalue weighted by Crippen LogP contribution is 2.27. The van der Waals surface area contributed by atoms with Gasteiger partial charge in [0.05, 0.1) is 16.8 Å². The van der Waals surface area contributed by atoms with Crippen LogP contribution in [0.15, 0.2) is 40.0 Å². The zero-order chi connectivity index (χ0) is 16.6. The highest BCUT2D eigenvalue weighted by Gasteiger charge is 2.20. The lowest BCUT2D eigenvalue weighted by molar-refractivity contribution is -0.116. The Bertz CT molecular complexity index is 897. The molecule has 0 aliphatic carbocycles. The van der Waals surface area contributed by atoms with Gasteiger partial charge in [0.25, 0.3) is 10.0 Å². The van der Waals surface area contributed by atoms with Crippen LogP contribution in [-0.2, 0) is 21.2 Å². The number of sulfonamides is 1. The molecule has 1 aromatic heterocycles. The zero-order valence-corrected chi connectivity index (χ0v) is 14.7. The number of nitrogens with zero attached hydrogens (tertiary/aromatic N) is 1. The number of benzene rings is 1. The fourth-order valence-electron chi connectivity index (χ4n) is 2.35. The first kappa shape index (κ1) is 15.9. The predicted molar refractivity (Wildman–Crippen MR) is 90.9 cm³/mol. The molecule has 2 N–H and O–H groups in total. The molecule has 1 amide bonds. The maximum atomic E-state index is 12.5. The summed E-state index contributed by atoms with van der Waals surface area (Å²) in [5.41, 5.74) is 2.72. The van der Waals surface area contributed by atoms with Crippen LogP contribution in [0, 0.1) is 6.92 Å². The van der Waals surface area contributed by atoms with E-state index in [1.165, 1.54) is 12.3 Å². The Balaban J connectivity index is 1.90. The summed E-state index contributed by atoms with van der Waals surface area (Å²) in [5, 5.41) is 2.73. The lowest BCUT2D eigenvalue weighted by Crippen LogP contribution is -2.20. The first-order valence-corrected chi connectivity index (χ1v) is 9.20. The Hall–Kier alpha value is -1.93. The van der Waals surface area contributed by atoms with Crippen molar-refractivity contribution in [3.8, 4) is 0 Å². The highest BCUT2D eigenvalue weighted by atomic mass is 79.9. The predicted octanol–water partition coefficient (Wildman–Crippen LogP) is 2.84. The summed E-state index contributed by atoms with van der Waals surface area (Å²) in [5.74, 6) is -0.0531. The number of nitrogens with one attached hydrogen (secondary N) is 2. The van der Waals surface area contributed by atoms with Gasteiger partial charge in [0, 0.05) is 12.1 Å². The monoisotopic (exact) mass is 395 g/mol. The number of halogens is 1. The number of carbonyl (C=O) groups excluding carboxylic acids is 1. The van der Waals surface area contributed by atoms with E-state index in [1.54, 1.807) is 18.2 Å². The minimum absolute atomic E-state index is 0.0531. The van der Waals surface area contributed by atoms with Crippen LogP contribution in [0.2, 0.25) is 0 Å². The first-order chi connectivity index (χ1) is 10.8. The smallest absolute Gasteiger partial charge is 0.261 e. The number of fused-ring (bicyclic) bond motifs is 1. The van der Waals surface area contributed by atoms with Crippen LogP contribution in [-0.4, -0.2) is 19.3 Å². The van der Waals surface area contributed by atoms with Crippen molar-refractivity contribution < 1.29 is 13.2 Å². The van der Waals surface area contributed by atoms with Crippen molar-refractivity contribution >= 4 is 43.2 Å². The van der Waals surface area contributed by atoms with Crippen LogP contribution < -0.4 is 10.0 Å². The van der Waals surface area contributed by atoms with Crippen LogP contribution in [0.1, 0.15) is 17.5 Å². The molecule has 120 valence electrons. The van der Waals surface area contributed by atoms with Gasteiger partial charge in [-0.3, -0.25) is 9.52 Å². The minimum atomic E-state index is -3.71. The van der Waals surface area contributed by atoms with E-state index < -0.39 is 10.0 Å². The third-order valence-electron chi connectivity index (χ3n) is 3.55. The summed E-state index contributed by atoms with van der Waals surface area (Å²) in [4.78, 5) is 15.6. The van der Waals surface area contributed by atoms with Gasteiger partial charge in [0.15, 0.2) is 0 Å². The fourth-order valence-corrected chi connectivity index (χ4v) is 3.66. The van der Waals surface area contributed by atoms with Crippen molar-refractivity contribution in [3.63, 3.8) is 0 Å². The molecule has 23 heavy (non-hydrogen) atoms. The second-order valence-corrected chi connectivity index (χ2v) is 7.74. The van der Waals surface area contributed by atoms with Crippen molar-refractivity contribution in [3.05, 3.63) is 46.2 Å². The van der Waals surface area contributed by atoms with Gasteiger partial charge in [0.2, 0.25) is 5.91 Å². The van der Waals surface area contributed by atoms with E-state index in [2.05, 4.69) is 31.0 Å². The number of rotatable bonds is 3. The molecule has 0 unspecified atom stereocenters. The molecule has 3 rings (SSSR count). The SMILES string of the molecule is Cc1cc(NS(=O)(=O)c2ccc3c(c2)CCC(=O)N3)cnc1Br. The Morgan fingerprint density at radius 1 is 1.26 bits per heavy atom. The highest BCUT2D eigenvalue weighted by molar-refractivity contribution is 9.10. The van der Waals surface area contributed by atoms with Crippen LogP contribution >= 0.6 is 15.9 Å². The van der Waals surface area contributed by atoms with Crippen LogP contribution in [0.5, 0.6) is 0 Å². The maximum absolute atomic E-state index is 12.5. The van der Waals surface area contributed by atoms with Crippen LogP contribution in [0.25, 0.3) is 0 Å². The summed E-state index contributed by atoms with van der Waals surface area (Å²) >= 11 is 3.28. The number of anilines is 2. The summed E-state index contributed by atoms with van der Waals surface area (Å²) in [7, 11) is -3.71. The van der Waals surface area contributed by atoms with Gasteiger partial charge in [0.1, 0.15) is 4.60 Å². The molecule has 0 atom stereocenters. The summed E-state index contributed by atoms with van der Waals surface area (Å²) in [6.45, 7) is 1.83. The molecule has 0 spiro atoms. The number of aryl methyl sites for hydroxylation is 2. The molecule has 8 heteroatoms. The lowest BCUT2D eigenvalue weighted by Gasteiger charge is -2.18. The molecule has 2 heterocycles. The number of aromatic nitrogens is 1.